The second-order valence-electron chi connectivity index (χ2n) is 6.90. The van der Waals surface area contributed by atoms with Gasteiger partial charge < -0.3 is 4.57 Å². The third-order valence-corrected chi connectivity index (χ3v) is 4.11. The molecule has 114 valence electrons. The second kappa shape index (κ2) is 5.60. The molecule has 0 N–H and O–H groups in total. The van der Waals surface area contributed by atoms with Crippen molar-refractivity contribution in [3.05, 3.63) is 54.1 Å². The summed E-state index contributed by atoms with van der Waals surface area (Å²) in [6, 6.07) is 17.2. The highest BCUT2D eigenvalue weighted by Crippen LogP contribution is 2.28. The Labute approximate surface area is 132 Å². The summed E-state index contributed by atoms with van der Waals surface area (Å²) in [6.45, 7) is 9.94. The lowest BCUT2D eigenvalue weighted by Gasteiger charge is -2.19. The average Bonchev–Trinajstić information content (AvgIpc) is 2.86. The Morgan fingerprint density at radius 2 is 1.64 bits per heavy atom. The van der Waals surface area contributed by atoms with Gasteiger partial charge in [0.15, 0.2) is 0 Å². The molecule has 0 atom stereocenters. The van der Waals surface area contributed by atoms with Crippen LogP contribution < -0.4 is 0 Å². The molecule has 22 heavy (non-hydrogen) atoms. The quantitative estimate of drug-likeness (QED) is 0.631. The molecule has 0 amide bonds. The molecule has 1 heterocycles. The van der Waals surface area contributed by atoms with E-state index in [0.717, 1.165) is 24.3 Å². The molecule has 2 heteroatoms. The first-order valence-corrected chi connectivity index (χ1v) is 8.07. The third-order valence-electron chi connectivity index (χ3n) is 4.11. The molecule has 0 bridgehead atoms. The largest absolute Gasteiger partial charge is 0.324 e. The van der Waals surface area contributed by atoms with E-state index in [9.17, 15) is 0 Å². The highest BCUT2D eigenvalue weighted by molar-refractivity contribution is 5.80. The summed E-state index contributed by atoms with van der Waals surface area (Å²) in [5.74, 6) is 1.07. The molecular weight excluding hydrogens is 268 g/mol. The molecule has 0 aliphatic carbocycles. The maximum Gasteiger partial charge on any atom is 0.141 e. The highest BCUT2D eigenvalue weighted by atomic mass is 15.1. The molecule has 0 unspecified atom stereocenters. The fourth-order valence-corrected chi connectivity index (χ4v) is 2.87. The predicted molar refractivity (Wildman–Crippen MR) is 94.2 cm³/mol. The van der Waals surface area contributed by atoms with Gasteiger partial charge in [0.1, 0.15) is 5.82 Å². The normalized spacial score (nSPS) is 12.0. The van der Waals surface area contributed by atoms with Crippen molar-refractivity contribution in [1.29, 1.82) is 0 Å². The maximum absolute atomic E-state index is 4.86. The van der Waals surface area contributed by atoms with Gasteiger partial charge >= 0.3 is 0 Å². The minimum absolute atomic E-state index is 0.183. The highest BCUT2D eigenvalue weighted by Gasteiger charge is 2.15. The molecule has 0 radical (unpaired) electrons. The van der Waals surface area contributed by atoms with E-state index in [1.54, 1.807) is 0 Å². The van der Waals surface area contributed by atoms with E-state index >= 15 is 0 Å². The van der Waals surface area contributed by atoms with Crippen LogP contribution in [-0.4, -0.2) is 9.55 Å². The molecule has 3 aromatic rings. The van der Waals surface area contributed by atoms with E-state index in [1.165, 1.54) is 16.6 Å². The molecule has 0 spiro atoms. The van der Waals surface area contributed by atoms with Crippen molar-refractivity contribution in [1.82, 2.24) is 9.55 Å². The number of rotatable bonds is 3. The number of benzene rings is 2. The molecule has 3 rings (SSSR count). The van der Waals surface area contributed by atoms with Crippen LogP contribution in [0.15, 0.2) is 48.5 Å². The van der Waals surface area contributed by atoms with Gasteiger partial charge in [0, 0.05) is 12.1 Å². The lowest BCUT2D eigenvalue weighted by Crippen LogP contribution is -2.10. The summed E-state index contributed by atoms with van der Waals surface area (Å²) >= 11 is 0. The summed E-state index contributed by atoms with van der Waals surface area (Å²) in [4.78, 5) is 4.86. The topological polar surface area (TPSA) is 17.8 Å². The molecule has 0 saturated heterocycles. The Morgan fingerprint density at radius 3 is 2.27 bits per heavy atom. The zero-order valence-electron chi connectivity index (χ0n) is 13.9. The molecule has 0 fully saturated rings. The van der Waals surface area contributed by atoms with Crippen LogP contribution in [0.2, 0.25) is 0 Å². The third kappa shape index (κ3) is 2.66. The summed E-state index contributed by atoms with van der Waals surface area (Å²) < 4.78 is 2.33. The van der Waals surface area contributed by atoms with E-state index in [1.807, 2.05) is 0 Å². The number of para-hydroxylation sites is 2. The van der Waals surface area contributed by atoms with Gasteiger partial charge in [-0.3, -0.25) is 0 Å². The second-order valence-corrected chi connectivity index (χ2v) is 6.90. The van der Waals surface area contributed by atoms with Crippen LogP contribution in [0.25, 0.3) is 22.4 Å². The SMILES string of the molecule is CCCn1c(-c2ccc(C(C)(C)C)cc2)nc2ccccc21. The predicted octanol–water partition coefficient (Wildman–Crippen LogP) is 5.41. The van der Waals surface area contributed by atoms with Gasteiger partial charge in [-0.05, 0) is 29.5 Å². The van der Waals surface area contributed by atoms with Crippen LogP contribution in [0, 0.1) is 0 Å². The van der Waals surface area contributed by atoms with Crippen molar-refractivity contribution >= 4 is 11.0 Å². The van der Waals surface area contributed by atoms with E-state index < -0.39 is 0 Å². The fraction of sp³-hybridized carbons (Fsp3) is 0.350. The number of aryl methyl sites for hydroxylation is 1. The Balaban J connectivity index is 2.11. The van der Waals surface area contributed by atoms with Gasteiger partial charge in [0.25, 0.3) is 0 Å². The first kappa shape index (κ1) is 14.8. The number of hydrogen-bond acceptors (Lipinski definition) is 1. The zero-order valence-corrected chi connectivity index (χ0v) is 13.9. The van der Waals surface area contributed by atoms with Crippen LogP contribution in [0.5, 0.6) is 0 Å². The van der Waals surface area contributed by atoms with Crippen LogP contribution in [0.3, 0.4) is 0 Å². The average molecular weight is 292 g/mol. The van der Waals surface area contributed by atoms with E-state index in [0.29, 0.717) is 0 Å². The van der Waals surface area contributed by atoms with Gasteiger partial charge in [0.05, 0.1) is 11.0 Å². The lowest BCUT2D eigenvalue weighted by atomic mass is 9.87. The first-order valence-electron chi connectivity index (χ1n) is 8.07. The molecule has 2 aromatic carbocycles. The molecule has 0 saturated carbocycles. The number of hydrogen-bond donors (Lipinski definition) is 0. The van der Waals surface area contributed by atoms with Crippen molar-refractivity contribution < 1.29 is 0 Å². The van der Waals surface area contributed by atoms with Crippen molar-refractivity contribution in [2.75, 3.05) is 0 Å². The standard InChI is InChI=1S/C20H24N2/c1-5-14-22-18-9-7-6-8-17(18)21-19(22)15-10-12-16(13-11-15)20(2,3)4/h6-13H,5,14H2,1-4H3. The van der Waals surface area contributed by atoms with Crippen LogP contribution in [0.1, 0.15) is 39.7 Å². The molecule has 0 aliphatic rings. The number of aromatic nitrogens is 2. The van der Waals surface area contributed by atoms with Gasteiger partial charge in [-0.25, -0.2) is 4.98 Å². The fourth-order valence-electron chi connectivity index (χ4n) is 2.87. The van der Waals surface area contributed by atoms with Crippen LogP contribution in [0.4, 0.5) is 0 Å². The van der Waals surface area contributed by atoms with Crippen LogP contribution in [-0.2, 0) is 12.0 Å². The van der Waals surface area contributed by atoms with Crippen molar-refractivity contribution in [3.8, 4) is 11.4 Å². The number of imidazole rings is 1. The van der Waals surface area contributed by atoms with Crippen LogP contribution >= 0.6 is 0 Å². The summed E-state index contributed by atoms with van der Waals surface area (Å²) in [5.41, 5.74) is 5.03. The summed E-state index contributed by atoms with van der Waals surface area (Å²) in [7, 11) is 0. The van der Waals surface area contributed by atoms with Crippen molar-refractivity contribution in [3.63, 3.8) is 0 Å². The summed E-state index contributed by atoms with van der Waals surface area (Å²) in [5, 5.41) is 0. The van der Waals surface area contributed by atoms with E-state index in [-0.39, 0.29) is 5.41 Å². The lowest BCUT2D eigenvalue weighted by molar-refractivity contribution is 0.590. The molecule has 1 aromatic heterocycles. The minimum atomic E-state index is 0.183. The maximum atomic E-state index is 4.86. The zero-order chi connectivity index (χ0) is 15.7. The Bertz CT molecular complexity index is 774. The van der Waals surface area contributed by atoms with Gasteiger partial charge in [0.2, 0.25) is 0 Å². The first-order chi connectivity index (χ1) is 10.5. The summed E-state index contributed by atoms with van der Waals surface area (Å²) in [6.07, 6.45) is 1.10. The smallest absolute Gasteiger partial charge is 0.141 e. The van der Waals surface area contributed by atoms with Gasteiger partial charge in [-0.2, -0.15) is 0 Å². The minimum Gasteiger partial charge on any atom is -0.324 e. The molecule has 2 nitrogen and oxygen atoms in total. The number of fused-ring (bicyclic) bond motifs is 1. The van der Waals surface area contributed by atoms with Gasteiger partial charge in [-0.1, -0.05) is 64.1 Å². The van der Waals surface area contributed by atoms with Gasteiger partial charge in [-0.15, -0.1) is 0 Å². The Morgan fingerprint density at radius 1 is 0.955 bits per heavy atom. The van der Waals surface area contributed by atoms with Crippen molar-refractivity contribution in [2.24, 2.45) is 0 Å². The number of nitrogens with zero attached hydrogens (tertiary/aromatic N) is 2. The van der Waals surface area contributed by atoms with E-state index in [2.05, 4.69) is 80.8 Å². The molecule has 0 aliphatic heterocycles. The monoisotopic (exact) mass is 292 g/mol. The Hall–Kier alpha value is -2.09. The van der Waals surface area contributed by atoms with Crippen molar-refractivity contribution in [2.45, 2.75) is 46.1 Å². The van der Waals surface area contributed by atoms with E-state index in [4.69, 9.17) is 4.98 Å². The molecular formula is C20H24N2. The Kier molecular flexibility index (Phi) is 3.78.